The predicted molar refractivity (Wildman–Crippen MR) is 108 cm³/mol. The van der Waals surface area contributed by atoms with Gasteiger partial charge in [-0.3, -0.25) is 9.88 Å². The van der Waals surface area contributed by atoms with Gasteiger partial charge in [-0.25, -0.2) is 9.97 Å². The maximum Gasteiger partial charge on any atom is 0.140 e. The third-order valence-corrected chi connectivity index (χ3v) is 4.98. The van der Waals surface area contributed by atoms with Crippen molar-refractivity contribution < 1.29 is 0 Å². The van der Waals surface area contributed by atoms with Gasteiger partial charge in [0.1, 0.15) is 17.6 Å². The summed E-state index contributed by atoms with van der Waals surface area (Å²) in [5, 5.41) is 12.1. The first-order chi connectivity index (χ1) is 13.7. The Balaban J connectivity index is 1.49. The molecule has 0 spiro atoms. The second-order valence-corrected chi connectivity index (χ2v) is 7.05. The largest absolute Gasteiger partial charge is 0.339 e. The van der Waals surface area contributed by atoms with E-state index in [2.05, 4.69) is 38.4 Å². The minimum atomic E-state index is 0.308. The van der Waals surface area contributed by atoms with E-state index in [0.29, 0.717) is 11.7 Å². The third-order valence-electron chi connectivity index (χ3n) is 4.98. The van der Waals surface area contributed by atoms with Crippen LogP contribution in [0.4, 0.5) is 11.5 Å². The molecule has 6 nitrogen and oxygen atoms in total. The number of hydrogen-bond donors (Lipinski definition) is 1. The van der Waals surface area contributed by atoms with Crippen molar-refractivity contribution in [2.45, 2.75) is 32.4 Å². The summed E-state index contributed by atoms with van der Waals surface area (Å²) in [6, 6.07) is 16.2. The molecule has 28 heavy (non-hydrogen) atoms. The van der Waals surface area contributed by atoms with Gasteiger partial charge in [-0.1, -0.05) is 12.1 Å². The van der Waals surface area contributed by atoms with E-state index in [1.807, 2.05) is 37.4 Å². The molecular weight excluding hydrogens is 348 g/mol. The van der Waals surface area contributed by atoms with Crippen LogP contribution in [-0.2, 0) is 6.54 Å². The van der Waals surface area contributed by atoms with Crippen molar-refractivity contribution in [3.8, 4) is 6.07 Å². The van der Waals surface area contributed by atoms with Gasteiger partial charge in [-0.2, -0.15) is 5.26 Å². The highest BCUT2D eigenvalue weighted by Crippen LogP contribution is 2.32. The first kappa shape index (κ1) is 18.1. The van der Waals surface area contributed by atoms with Crippen molar-refractivity contribution in [2.24, 2.45) is 0 Å². The minimum absolute atomic E-state index is 0.308. The lowest BCUT2D eigenvalue weighted by atomic mass is 10.1. The molecule has 1 aliphatic rings. The van der Waals surface area contributed by atoms with E-state index in [4.69, 9.17) is 10.2 Å². The fourth-order valence-corrected chi connectivity index (χ4v) is 3.57. The fourth-order valence-electron chi connectivity index (χ4n) is 3.57. The minimum Gasteiger partial charge on any atom is -0.339 e. The topological polar surface area (TPSA) is 77.7 Å². The van der Waals surface area contributed by atoms with Gasteiger partial charge in [0, 0.05) is 18.4 Å². The third kappa shape index (κ3) is 4.16. The van der Waals surface area contributed by atoms with E-state index in [1.165, 1.54) is 12.0 Å². The van der Waals surface area contributed by atoms with Crippen molar-refractivity contribution >= 4 is 11.5 Å². The number of hydrogen-bond acceptors (Lipinski definition) is 6. The first-order valence-electron chi connectivity index (χ1n) is 9.47. The number of pyridine rings is 3. The van der Waals surface area contributed by atoms with Crippen LogP contribution in [0.25, 0.3) is 0 Å². The SMILES string of the molecule is Cc1ccc(CN2CCCC2c2cccc(Nc3ccc(C#N)nc3)n2)cn1. The molecule has 1 atom stereocenters. The van der Waals surface area contributed by atoms with E-state index in [9.17, 15) is 0 Å². The van der Waals surface area contributed by atoms with Gasteiger partial charge >= 0.3 is 0 Å². The summed E-state index contributed by atoms with van der Waals surface area (Å²) < 4.78 is 0. The zero-order chi connectivity index (χ0) is 19.3. The maximum atomic E-state index is 8.87. The van der Waals surface area contributed by atoms with Crippen LogP contribution < -0.4 is 5.32 Å². The number of anilines is 2. The number of nitrogens with one attached hydrogen (secondary N) is 1. The normalized spacial score (nSPS) is 16.6. The monoisotopic (exact) mass is 370 g/mol. The number of nitriles is 1. The highest BCUT2D eigenvalue weighted by molar-refractivity contribution is 5.55. The second kappa shape index (κ2) is 8.15. The van der Waals surface area contributed by atoms with Crippen LogP contribution in [-0.4, -0.2) is 26.4 Å². The Bertz CT molecular complexity index is 975. The summed E-state index contributed by atoms with van der Waals surface area (Å²) in [6.45, 7) is 3.96. The molecule has 1 aliphatic heterocycles. The number of likely N-dealkylation sites (tertiary alicyclic amines) is 1. The quantitative estimate of drug-likeness (QED) is 0.727. The molecule has 0 bridgehead atoms. The van der Waals surface area contributed by atoms with Crippen molar-refractivity contribution in [1.82, 2.24) is 19.9 Å². The van der Waals surface area contributed by atoms with E-state index in [1.54, 1.807) is 12.3 Å². The molecular formula is C22H22N6. The zero-order valence-corrected chi connectivity index (χ0v) is 15.8. The number of nitrogens with zero attached hydrogens (tertiary/aromatic N) is 5. The lowest BCUT2D eigenvalue weighted by Crippen LogP contribution is -2.23. The van der Waals surface area contributed by atoms with Crippen LogP contribution in [0.5, 0.6) is 0 Å². The first-order valence-corrected chi connectivity index (χ1v) is 9.47. The van der Waals surface area contributed by atoms with Crippen LogP contribution >= 0.6 is 0 Å². The van der Waals surface area contributed by atoms with Crippen molar-refractivity contribution in [3.05, 3.63) is 77.5 Å². The van der Waals surface area contributed by atoms with E-state index in [0.717, 1.165) is 42.4 Å². The van der Waals surface area contributed by atoms with Gasteiger partial charge in [-0.15, -0.1) is 0 Å². The molecule has 0 amide bonds. The number of rotatable bonds is 5. The van der Waals surface area contributed by atoms with Gasteiger partial charge < -0.3 is 5.32 Å². The van der Waals surface area contributed by atoms with Crippen LogP contribution in [0.1, 0.15) is 41.5 Å². The number of aryl methyl sites for hydroxylation is 1. The fraction of sp³-hybridized carbons (Fsp3) is 0.273. The Morgan fingerprint density at radius 1 is 1.14 bits per heavy atom. The van der Waals surface area contributed by atoms with Crippen LogP contribution in [0.3, 0.4) is 0 Å². The van der Waals surface area contributed by atoms with E-state index >= 15 is 0 Å². The molecule has 0 radical (unpaired) electrons. The molecule has 140 valence electrons. The zero-order valence-electron chi connectivity index (χ0n) is 15.8. The van der Waals surface area contributed by atoms with Crippen molar-refractivity contribution in [1.29, 1.82) is 5.26 Å². The lowest BCUT2D eigenvalue weighted by molar-refractivity contribution is 0.244. The van der Waals surface area contributed by atoms with Crippen LogP contribution in [0.15, 0.2) is 54.9 Å². The van der Waals surface area contributed by atoms with Gasteiger partial charge in [0.05, 0.1) is 23.6 Å². The number of aromatic nitrogens is 3. The Kier molecular flexibility index (Phi) is 5.27. The molecule has 1 unspecified atom stereocenters. The average Bonchev–Trinajstić information content (AvgIpc) is 3.19. The van der Waals surface area contributed by atoms with Crippen molar-refractivity contribution in [3.63, 3.8) is 0 Å². The van der Waals surface area contributed by atoms with Gasteiger partial charge in [-0.05, 0) is 62.2 Å². The van der Waals surface area contributed by atoms with E-state index in [-0.39, 0.29) is 0 Å². The molecule has 3 aromatic heterocycles. The summed E-state index contributed by atoms with van der Waals surface area (Å²) in [5.74, 6) is 0.785. The smallest absolute Gasteiger partial charge is 0.140 e. The Hall–Kier alpha value is -3.30. The standard InChI is InChI=1S/C22H22N6/c1-16-7-8-17(13-24-16)15-28-11-3-5-21(28)20-4-2-6-22(27-20)26-19-10-9-18(12-23)25-14-19/h2,4,6-10,13-14,21H,3,5,11,15H2,1H3,(H,26,27). The molecule has 0 saturated carbocycles. The summed E-state index contributed by atoms with van der Waals surface area (Å²) in [4.78, 5) is 15.8. The highest BCUT2D eigenvalue weighted by Gasteiger charge is 2.27. The second-order valence-electron chi connectivity index (χ2n) is 7.05. The van der Waals surface area contributed by atoms with E-state index < -0.39 is 0 Å². The Labute approximate surface area is 164 Å². The summed E-state index contributed by atoms with van der Waals surface area (Å²) in [7, 11) is 0. The molecule has 1 N–H and O–H groups in total. The molecule has 6 heteroatoms. The lowest BCUT2D eigenvalue weighted by Gasteiger charge is -2.24. The molecule has 4 heterocycles. The molecule has 1 saturated heterocycles. The summed E-state index contributed by atoms with van der Waals surface area (Å²) in [6.07, 6.45) is 5.89. The average molecular weight is 370 g/mol. The molecule has 0 aliphatic carbocycles. The maximum absolute atomic E-state index is 8.87. The predicted octanol–water partition coefficient (Wildman–Crippen LogP) is 4.13. The Morgan fingerprint density at radius 2 is 2.07 bits per heavy atom. The molecule has 0 aromatic carbocycles. The van der Waals surface area contributed by atoms with Gasteiger partial charge in [0.2, 0.25) is 0 Å². The molecule has 1 fully saturated rings. The highest BCUT2D eigenvalue weighted by atomic mass is 15.2. The van der Waals surface area contributed by atoms with Gasteiger partial charge in [0.25, 0.3) is 0 Å². The summed E-state index contributed by atoms with van der Waals surface area (Å²) in [5.41, 5.74) is 4.57. The summed E-state index contributed by atoms with van der Waals surface area (Å²) >= 11 is 0. The van der Waals surface area contributed by atoms with Crippen LogP contribution in [0.2, 0.25) is 0 Å². The van der Waals surface area contributed by atoms with Crippen molar-refractivity contribution in [2.75, 3.05) is 11.9 Å². The Morgan fingerprint density at radius 3 is 2.82 bits per heavy atom. The molecule has 3 aromatic rings. The van der Waals surface area contributed by atoms with Gasteiger partial charge in [0.15, 0.2) is 0 Å². The molecule has 4 rings (SSSR count). The van der Waals surface area contributed by atoms with Crippen LogP contribution in [0, 0.1) is 18.3 Å².